The molecule has 0 aliphatic carbocycles. The molecule has 0 spiro atoms. The Hall–Kier alpha value is -1.53. The maximum Gasteiger partial charge on any atom is 0.319 e. The van der Waals surface area contributed by atoms with E-state index >= 15 is 0 Å². The van der Waals surface area contributed by atoms with Crippen molar-refractivity contribution in [2.45, 2.75) is 12.8 Å². The third-order valence-electron chi connectivity index (χ3n) is 3.94. The van der Waals surface area contributed by atoms with E-state index in [9.17, 15) is 9.59 Å². The molecule has 0 aromatic carbocycles. The number of esters is 1. The molecule has 7 heteroatoms. The first kappa shape index (κ1) is 16.8. The molecule has 122 valence electrons. The van der Waals surface area contributed by atoms with Crippen LogP contribution in [0.1, 0.15) is 23.3 Å². The summed E-state index contributed by atoms with van der Waals surface area (Å²) < 4.78 is 6.40. The monoisotopic (exact) mass is 327 g/mol. The van der Waals surface area contributed by atoms with Crippen molar-refractivity contribution in [3.05, 3.63) is 23.0 Å². The van der Waals surface area contributed by atoms with E-state index in [1.165, 1.54) is 7.11 Å². The number of likely N-dealkylation sites (tertiary alicyclic amines) is 1. The molecule has 0 unspecified atom stereocenters. The average molecular weight is 328 g/mol. The van der Waals surface area contributed by atoms with Gasteiger partial charge in [0.2, 0.25) is 0 Å². The Bertz CT molecular complexity index is 544. The molecular formula is C15H22ClN3O3. The molecule has 1 saturated heterocycles. The van der Waals surface area contributed by atoms with E-state index < -0.39 is 0 Å². The molecule has 6 nitrogen and oxygen atoms in total. The molecule has 1 N–H and O–H groups in total. The van der Waals surface area contributed by atoms with Crippen LogP contribution in [0.25, 0.3) is 0 Å². The second kappa shape index (κ2) is 7.65. The smallest absolute Gasteiger partial charge is 0.319 e. The lowest BCUT2D eigenvalue weighted by atomic mass is 9.98. The first-order chi connectivity index (χ1) is 10.5. The number of carbonyl (C=O) groups is 2. The first-order valence-corrected chi connectivity index (χ1v) is 7.76. The van der Waals surface area contributed by atoms with Crippen LogP contribution in [0.4, 0.5) is 0 Å². The van der Waals surface area contributed by atoms with Gasteiger partial charge in [0.25, 0.3) is 5.91 Å². The van der Waals surface area contributed by atoms with Gasteiger partial charge < -0.3 is 14.6 Å². The third-order valence-corrected chi connectivity index (χ3v) is 4.15. The van der Waals surface area contributed by atoms with E-state index in [4.69, 9.17) is 16.3 Å². The molecule has 1 aliphatic heterocycles. The zero-order chi connectivity index (χ0) is 16.1. The molecule has 2 rings (SSSR count). The summed E-state index contributed by atoms with van der Waals surface area (Å²) in [6.07, 6.45) is 3.77. The van der Waals surface area contributed by atoms with Gasteiger partial charge in [-0.1, -0.05) is 11.6 Å². The normalized spacial score (nSPS) is 19.0. The molecule has 22 heavy (non-hydrogen) atoms. The minimum absolute atomic E-state index is 0.125. The van der Waals surface area contributed by atoms with Gasteiger partial charge in [-0.2, -0.15) is 0 Å². The van der Waals surface area contributed by atoms with Crippen molar-refractivity contribution < 1.29 is 14.3 Å². The lowest BCUT2D eigenvalue weighted by Crippen LogP contribution is -2.43. The predicted molar refractivity (Wildman–Crippen MR) is 83.9 cm³/mol. The fourth-order valence-corrected chi connectivity index (χ4v) is 3.04. The van der Waals surface area contributed by atoms with Gasteiger partial charge in [0.05, 0.1) is 18.7 Å². The number of carbonyl (C=O) groups excluding carboxylic acids is 2. The summed E-state index contributed by atoms with van der Waals surface area (Å²) in [6.45, 7) is 2.60. The van der Waals surface area contributed by atoms with E-state index in [-0.39, 0.29) is 11.9 Å². The fourth-order valence-electron chi connectivity index (χ4n) is 2.79. The minimum Gasteiger partial charge on any atom is -0.468 e. The standard InChI is InChI=1S/C15H22ClN3O3/c1-18-9-12(16)6-13(18)15(21)17-7-11-4-3-5-19(8-11)10-14(20)22-2/h6,9,11H,3-5,7-8,10H2,1-2H3,(H,17,21)/t11-/m0/s1. The Morgan fingerprint density at radius 2 is 2.27 bits per heavy atom. The number of halogens is 1. The maximum absolute atomic E-state index is 12.1. The van der Waals surface area contributed by atoms with Crippen LogP contribution < -0.4 is 5.32 Å². The number of amides is 1. The number of rotatable bonds is 5. The van der Waals surface area contributed by atoms with E-state index in [1.54, 1.807) is 23.9 Å². The van der Waals surface area contributed by atoms with Gasteiger partial charge in [-0.15, -0.1) is 0 Å². The molecule has 1 amide bonds. The summed E-state index contributed by atoms with van der Waals surface area (Å²) in [5.41, 5.74) is 0.548. The Labute approximate surface area is 135 Å². The average Bonchev–Trinajstić information content (AvgIpc) is 2.84. The largest absolute Gasteiger partial charge is 0.468 e. The number of hydrogen-bond acceptors (Lipinski definition) is 4. The number of aryl methyl sites for hydroxylation is 1. The van der Waals surface area contributed by atoms with Crippen LogP contribution in [0.5, 0.6) is 0 Å². The Morgan fingerprint density at radius 3 is 2.91 bits per heavy atom. The topological polar surface area (TPSA) is 63.6 Å². The second-order valence-corrected chi connectivity index (χ2v) is 6.12. The minimum atomic E-state index is -0.219. The zero-order valence-electron chi connectivity index (χ0n) is 13.0. The molecule has 0 radical (unpaired) electrons. The molecule has 1 aromatic rings. The highest BCUT2D eigenvalue weighted by atomic mass is 35.5. The summed E-state index contributed by atoms with van der Waals surface area (Å²) in [7, 11) is 3.19. The zero-order valence-corrected chi connectivity index (χ0v) is 13.7. The van der Waals surface area contributed by atoms with Gasteiger partial charge in [0.15, 0.2) is 0 Å². The van der Waals surface area contributed by atoms with Crippen LogP contribution in [0.2, 0.25) is 5.02 Å². The predicted octanol–water partition coefficient (Wildman–Crippen LogP) is 1.29. The molecule has 0 bridgehead atoms. The molecule has 2 heterocycles. The van der Waals surface area contributed by atoms with Gasteiger partial charge in [-0.25, -0.2) is 0 Å². The Balaban J connectivity index is 1.82. The quantitative estimate of drug-likeness (QED) is 0.828. The van der Waals surface area contributed by atoms with Crippen molar-refractivity contribution in [1.82, 2.24) is 14.8 Å². The summed E-state index contributed by atoms with van der Waals surface area (Å²) in [5.74, 6) is 0.000672. The van der Waals surface area contributed by atoms with Crippen LogP contribution in [-0.4, -0.2) is 54.6 Å². The van der Waals surface area contributed by atoms with Gasteiger partial charge in [0, 0.05) is 26.3 Å². The van der Waals surface area contributed by atoms with E-state index in [0.29, 0.717) is 29.7 Å². The van der Waals surface area contributed by atoms with Gasteiger partial charge in [-0.3, -0.25) is 14.5 Å². The van der Waals surface area contributed by atoms with Crippen molar-refractivity contribution >= 4 is 23.5 Å². The number of nitrogens with one attached hydrogen (secondary N) is 1. The van der Waals surface area contributed by atoms with Gasteiger partial charge >= 0.3 is 5.97 Å². The van der Waals surface area contributed by atoms with Crippen LogP contribution in [0, 0.1) is 5.92 Å². The fraction of sp³-hybridized carbons (Fsp3) is 0.600. The van der Waals surface area contributed by atoms with Gasteiger partial charge in [0.1, 0.15) is 5.69 Å². The summed E-state index contributed by atoms with van der Waals surface area (Å²) in [4.78, 5) is 25.6. The number of aromatic nitrogens is 1. The van der Waals surface area contributed by atoms with Crippen LogP contribution in [0.3, 0.4) is 0 Å². The van der Waals surface area contributed by atoms with E-state index in [1.807, 2.05) is 0 Å². The highest BCUT2D eigenvalue weighted by molar-refractivity contribution is 6.31. The van der Waals surface area contributed by atoms with Crippen LogP contribution in [0.15, 0.2) is 12.3 Å². The van der Waals surface area contributed by atoms with Crippen molar-refractivity contribution in [2.24, 2.45) is 13.0 Å². The van der Waals surface area contributed by atoms with E-state index in [2.05, 4.69) is 10.2 Å². The van der Waals surface area contributed by atoms with E-state index in [0.717, 1.165) is 25.9 Å². The molecule has 0 saturated carbocycles. The molecule has 1 aromatic heterocycles. The van der Waals surface area contributed by atoms with Crippen molar-refractivity contribution in [3.8, 4) is 0 Å². The Kier molecular flexibility index (Phi) is 5.85. The lowest BCUT2D eigenvalue weighted by Gasteiger charge is -2.31. The number of nitrogens with zero attached hydrogens (tertiary/aromatic N) is 2. The molecular weight excluding hydrogens is 306 g/mol. The molecule has 1 atom stereocenters. The SMILES string of the molecule is COC(=O)CN1CCC[C@@H](CNC(=O)c2cc(Cl)cn2C)C1. The van der Waals surface area contributed by atoms with Crippen molar-refractivity contribution in [2.75, 3.05) is 33.3 Å². The molecule has 1 aliphatic rings. The van der Waals surface area contributed by atoms with Crippen molar-refractivity contribution in [1.29, 1.82) is 0 Å². The third kappa shape index (κ3) is 4.48. The first-order valence-electron chi connectivity index (χ1n) is 7.39. The number of methoxy groups -OCH3 is 1. The van der Waals surface area contributed by atoms with Gasteiger partial charge in [-0.05, 0) is 31.4 Å². The van der Waals surface area contributed by atoms with Crippen molar-refractivity contribution in [3.63, 3.8) is 0 Å². The lowest BCUT2D eigenvalue weighted by molar-refractivity contribution is -0.142. The number of piperidine rings is 1. The Morgan fingerprint density at radius 1 is 1.50 bits per heavy atom. The number of hydrogen-bond donors (Lipinski definition) is 1. The van der Waals surface area contributed by atoms with Crippen LogP contribution >= 0.6 is 11.6 Å². The summed E-state index contributed by atoms with van der Waals surface area (Å²) >= 11 is 5.89. The summed E-state index contributed by atoms with van der Waals surface area (Å²) in [5, 5.41) is 3.50. The second-order valence-electron chi connectivity index (χ2n) is 5.68. The highest BCUT2D eigenvalue weighted by Gasteiger charge is 2.22. The molecule has 1 fully saturated rings. The maximum atomic E-state index is 12.1. The number of ether oxygens (including phenoxy) is 1. The summed E-state index contributed by atoms with van der Waals surface area (Å²) in [6, 6.07) is 1.65. The van der Waals surface area contributed by atoms with Crippen LogP contribution in [-0.2, 0) is 16.6 Å². The highest BCUT2D eigenvalue weighted by Crippen LogP contribution is 2.16.